The van der Waals surface area contributed by atoms with E-state index in [-0.39, 0.29) is 12.6 Å². The number of rotatable bonds is 7. The first-order valence-corrected chi connectivity index (χ1v) is 7.38. The Bertz CT molecular complexity index is 294. The van der Waals surface area contributed by atoms with Crippen molar-refractivity contribution in [1.82, 2.24) is 10.2 Å². The van der Waals surface area contributed by atoms with Gasteiger partial charge in [0.25, 0.3) is 0 Å². The van der Waals surface area contributed by atoms with E-state index in [1.807, 2.05) is 0 Å². The Morgan fingerprint density at radius 1 is 1.42 bits per heavy atom. The summed E-state index contributed by atoms with van der Waals surface area (Å²) >= 11 is 0. The molecule has 1 aliphatic heterocycles. The van der Waals surface area contributed by atoms with Gasteiger partial charge < -0.3 is 15.2 Å². The maximum atomic E-state index is 11.3. The van der Waals surface area contributed by atoms with E-state index >= 15 is 0 Å². The van der Waals surface area contributed by atoms with Crippen molar-refractivity contribution in [2.75, 3.05) is 33.4 Å². The van der Waals surface area contributed by atoms with E-state index in [0.717, 1.165) is 32.0 Å². The number of aliphatic hydroxyl groups excluding tert-OH is 1. The highest BCUT2D eigenvalue weighted by molar-refractivity contribution is 5.69. The van der Waals surface area contributed by atoms with Crippen LogP contribution in [0.3, 0.4) is 0 Å². The summed E-state index contributed by atoms with van der Waals surface area (Å²) < 4.78 is 4.72. The van der Waals surface area contributed by atoms with E-state index in [0.29, 0.717) is 24.9 Å². The standard InChI is InChI=1S/C14H26N2O3/c1-19-14(18)5-2-11-8-12(15-6-7-17)10-16(9-11)13-3-4-13/h11-13,15,17H,2-10H2,1H3. The molecule has 0 aromatic rings. The van der Waals surface area contributed by atoms with Crippen LogP contribution in [-0.4, -0.2) is 61.4 Å². The predicted molar refractivity (Wildman–Crippen MR) is 72.8 cm³/mol. The van der Waals surface area contributed by atoms with Crippen molar-refractivity contribution in [2.24, 2.45) is 5.92 Å². The molecule has 110 valence electrons. The number of methoxy groups -OCH3 is 1. The third-order valence-electron chi connectivity index (χ3n) is 4.16. The van der Waals surface area contributed by atoms with Gasteiger partial charge in [-0.05, 0) is 31.6 Å². The van der Waals surface area contributed by atoms with E-state index in [2.05, 4.69) is 10.2 Å². The minimum atomic E-state index is -0.108. The maximum absolute atomic E-state index is 11.3. The summed E-state index contributed by atoms with van der Waals surface area (Å²) in [5.74, 6) is 0.452. The number of piperidine rings is 1. The van der Waals surface area contributed by atoms with Crippen molar-refractivity contribution >= 4 is 5.97 Å². The molecule has 2 aliphatic rings. The largest absolute Gasteiger partial charge is 0.469 e. The number of hydrogen-bond acceptors (Lipinski definition) is 5. The van der Waals surface area contributed by atoms with Gasteiger partial charge in [0.15, 0.2) is 0 Å². The fraction of sp³-hybridized carbons (Fsp3) is 0.929. The van der Waals surface area contributed by atoms with Crippen molar-refractivity contribution < 1.29 is 14.6 Å². The molecule has 19 heavy (non-hydrogen) atoms. The van der Waals surface area contributed by atoms with E-state index in [1.54, 1.807) is 0 Å². The Kier molecular flexibility index (Phi) is 5.60. The van der Waals surface area contributed by atoms with Gasteiger partial charge in [0, 0.05) is 38.1 Å². The topological polar surface area (TPSA) is 61.8 Å². The zero-order valence-corrected chi connectivity index (χ0v) is 11.8. The molecule has 0 amide bonds. The van der Waals surface area contributed by atoms with Gasteiger partial charge in [-0.1, -0.05) is 0 Å². The van der Waals surface area contributed by atoms with Crippen molar-refractivity contribution in [3.8, 4) is 0 Å². The van der Waals surface area contributed by atoms with Crippen molar-refractivity contribution in [2.45, 2.75) is 44.2 Å². The highest BCUT2D eigenvalue weighted by atomic mass is 16.5. The summed E-state index contributed by atoms with van der Waals surface area (Å²) in [5, 5.41) is 12.3. The van der Waals surface area contributed by atoms with Crippen LogP contribution in [-0.2, 0) is 9.53 Å². The van der Waals surface area contributed by atoms with E-state index in [9.17, 15) is 4.79 Å². The van der Waals surface area contributed by atoms with Gasteiger partial charge in [-0.3, -0.25) is 9.69 Å². The summed E-state index contributed by atoms with van der Waals surface area (Å²) in [4.78, 5) is 13.8. The predicted octanol–water partition coefficient (Wildman–Crippen LogP) is 0.374. The van der Waals surface area contributed by atoms with Crippen LogP contribution in [0.2, 0.25) is 0 Å². The smallest absolute Gasteiger partial charge is 0.305 e. The second-order valence-corrected chi connectivity index (χ2v) is 5.78. The fourth-order valence-electron chi connectivity index (χ4n) is 3.03. The van der Waals surface area contributed by atoms with Gasteiger partial charge in [-0.25, -0.2) is 0 Å². The first-order chi connectivity index (χ1) is 9.22. The molecule has 2 fully saturated rings. The van der Waals surface area contributed by atoms with Crippen molar-refractivity contribution in [3.63, 3.8) is 0 Å². The normalized spacial score (nSPS) is 28.3. The Hall–Kier alpha value is -0.650. The van der Waals surface area contributed by atoms with Gasteiger partial charge in [-0.2, -0.15) is 0 Å². The molecule has 2 atom stereocenters. The number of likely N-dealkylation sites (tertiary alicyclic amines) is 1. The lowest BCUT2D eigenvalue weighted by atomic mass is 9.90. The zero-order valence-electron chi connectivity index (χ0n) is 11.8. The Morgan fingerprint density at radius 3 is 2.84 bits per heavy atom. The number of aliphatic hydroxyl groups is 1. The summed E-state index contributed by atoms with van der Waals surface area (Å²) in [6.07, 6.45) is 5.16. The van der Waals surface area contributed by atoms with Gasteiger partial charge in [-0.15, -0.1) is 0 Å². The van der Waals surface area contributed by atoms with Crippen molar-refractivity contribution in [1.29, 1.82) is 0 Å². The van der Waals surface area contributed by atoms with Crippen LogP contribution in [0.1, 0.15) is 32.1 Å². The summed E-state index contributed by atoms with van der Waals surface area (Å²) in [7, 11) is 1.45. The molecule has 0 aromatic heterocycles. The fourth-order valence-corrected chi connectivity index (χ4v) is 3.03. The first kappa shape index (κ1) is 14.8. The number of carbonyl (C=O) groups is 1. The molecule has 0 spiro atoms. The van der Waals surface area contributed by atoms with Crippen LogP contribution in [0.5, 0.6) is 0 Å². The highest BCUT2D eigenvalue weighted by Crippen LogP contribution is 2.32. The summed E-state index contributed by atoms with van der Waals surface area (Å²) in [5.41, 5.74) is 0. The van der Waals surface area contributed by atoms with E-state index in [4.69, 9.17) is 9.84 Å². The molecule has 0 radical (unpaired) electrons. The third kappa shape index (κ3) is 4.75. The molecule has 1 aliphatic carbocycles. The molecule has 1 saturated carbocycles. The van der Waals surface area contributed by atoms with E-state index in [1.165, 1.54) is 20.0 Å². The van der Waals surface area contributed by atoms with E-state index < -0.39 is 0 Å². The maximum Gasteiger partial charge on any atom is 0.305 e. The zero-order chi connectivity index (χ0) is 13.7. The Morgan fingerprint density at radius 2 is 2.21 bits per heavy atom. The number of carbonyl (C=O) groups excluding carboxylic acids is 1. The first-order valence-electron chi connectivity index (χ1n) is 7.38. The quantitative estimate of drug-likeness (QED) is 0.655. The number of nitrogens with one attached hydrogen (secondary N) is 1. The molecule has 1 saturated heterocycles. The summed E-state index contributed by atoms with van der Waals surface area (Å²) in [6, 6.07) is 1.21. The average Bonchev–Trinajstić information content (AvgIpc) is 3.26. The Balaban J connectivity index is 1.81. The molecule has 0 bridgehead atoms. The molecule has 2 unspecified atom stereocenters. The minimum Gasteiger partial charge on any atom is -0.469 e. The molecule has 5 nitrogen and oxygen atoms in total. The van der Waals surface area contributed by atoms with Crippen LogP contribution in [0.15, 0.2) is 0 Å². The molecule has 2 rings (SSSR count). The minimum absolute atomic E-state index is 0.108. The van der Waals surface area contributed by atoms with Gasteiger partial charge in [0.05, 0.1) is 13.7 Å². The van der Waals surface area contributed by atoms with Crippen molar-refractivity contribution in [3.05, 3.63) is 0 Å². The number of ether oxygens (including phenoxy) is 1. The molecule has 5 heteroatoms. The lowest BCUT2D eigenvalue weighted by Crippen LogP contribution is -2.50. The van der Waals surface area contributed by atoms with Crippen LogP contribution >= 0.6 is 0 Å². The van der Waals surface area contributed by atoms with Crippen LogP contribution in [0, 0.1) is 5.92 Å². The molecule has 1 heterocycles. The van der Waals surface area contributed by atoms with Crippen LogP contribution < -0.4 is 5.32 Å². The van der Waals surface area contributed by atoms with Gasteiger partial charge in [0.1, 0.15) is 0 Å². The number of nitrogens with zero attached hydrogens (tertiary/aromatic N) is 1. The van der Waals surface area contributed by atoms with Crippen LogP contribution in [0.25, 0.3) is 0 Å². The highest BCUT2D eigenvalue weighted by Gasteiger charge is 2.35. The van der Waals surface area contributed by atoms with Crippen LogP contribution in [0.4, 0.5) is 0 Å². The molecule has 2 N–H and O–H groups in total. The number of esters is 1. The monoisotopic (exact) mass is 270 g/mol. The van der Waals surface area contributed by atoms with Gasteiger partial charge >= 0.3 is 5.97 Å². The molecule has 0 aromatic carbocycles. The SMILES string of the molecule is COC(=O)CCC1CC(NCCO)CN(C2CC2)C1. The average molecular weight is 270 g/mol. The second-order valence-electron chi connectivity index (χ2n) is 5.78. The third-order valence-corrected chi connectivity index (χ3v) is 4.16. The lowest BCUT2D eigenvalue weighted by molar-refractivity contribution is -0.141. The lowest BCUT2D eigenvalue weighted by Gasteiger charge is -2.38. The molecular formula is C14H26N2O3. The number of hydrogen-bond donors (Lipinski definition) is 2. The van der Waals surface area contributed by atoms with Gasteiger partial charge in [0.2, 0.25) is 0 Å². The molecular weight excluding hydrogens is 244 g/mol. The summed E-state index contributed by atoms with van der Waals surface area (Å²) in [6.45, 7) is 3.04. The second kappa shape index (κ2) is 7.22. The Labute approximate surface area is 115 Å².